The maximum Gasteiger partial charge on any atom is 0.240 e. The van der Waals surface area contributed by atoms with E-state index in [9.17, 15) is 8.42 Å². The highest BCUT2D eigenvalue weighted by atomic mass is 32.2. The predicted molar refractivity (Wildman–Crippen MR) is 72.1 cm³/mol. The number of rotatable bonds is 2. The summed E-state index contributed by atoms with van der Waals surface area (Å²) in [6.45, 7) is 0. The number of sulfonamides is 1. The van der Waals surface area contributed by atoms with Crippen molar-refractivity contribution in [3.8, 4) is 11.1 Å². The van der Waals surface area contributed by atoms with E-state index in [0.717, 1.165) is 5.56 Å². The van der Waals surface area contributed by atoms with Crippen LogP contribution in [0.2, 0.25) is 0 Å². The Balaban J connectivity index is 2.57. The van der Waals surface area contributed by atoms with Gasteiger partial charge in [-0.3, -0.25) is 0 Å². The van der Waals surface area contributed by atoms with Crippen LogP contribution in [0.25, 0.3) is 11.1 Å². The van der Waals surface area contributed by atoms with Crippen molar-refractivity contribution in [2.75, 3.05) is 11.5 Å². The molecule has 0 aliphatic carbocycles. The van der Waals surface area contributed by atoms with E-state index in [0.29, 0.717) is 11.3 Å². The van der Waals surface area contributed by atoms with Gasteiger partial charge in [0, 0.05) is 5.69 Å². The first-order valence-corrected chi connectivity index (χ1v) is 6.71. The molecule has 0 fully saturated rings. The monoisotopic (exact) mass is 263 g/mol. The molecule has 5 nitrogen and oxygen atoms in total. The lowest BCUT2D eigenvalue weighted by Gasteiger charge is -2.07. The average molecular weight is 263 g/mol. The fourth-order valence-corrected chi connectivity index (χ4v) is 2.32. The van der Waals surface area contributed by atoms with E-state index in [2.05, 4.69) is 0 Å². The molecule has 0 saturated carbocycles. The van der Waals surface area contributed by atoms with Crippen LogP contribution in [0.5, 0.6) is 0 Å². The van der Waals surface area contributed by atoms with Gasteiger partial charge in [-0.1, -0.05) is 18.2 Å². The number of benzene rings is 2. The highest BCUT2D eigenvalue weighted by Crippen LogP contribution is 2.26. The summed E-state index contributed by atoms with van der Waals surface area (Å²) in [5.41, 5.74) is 13.5. The lowest BCUT2D eigenvalue weighted by Crippen LogP contribution is -2.14. The Morgan fingerprint density at radius 2 is 1.39 bits per heavy atom. The summed E-state index contributed by atoms with van der Waals surface area (Å²) in [5, 5.41) is 5.10. The molecule has 0 aromatic heterocycles. The van der Waals surface area contributed by atoms with Gasteiger partial charge in [0.15, 0.2) is 0 Å². The standard InChI is InChI=1S/C12H13N3O2S/c13-10-4-1-8(2-5-10)9-3-6-11(14)12(7-9)18(15,16)17/h1-7H,13-14H2,(H2,15,16,17). The Kier molecular flexibility index (Phi) is 2.98. The van der Waals surface area contributed by atoms with E-state index in [1.807, 2.05) is 0 Å². The first-order valence-electron chi connectivity index (χ1n) is 5.16. The van der Waals surface area contributed by atoms with Crippen molar-refractivity contribution in [1.82, 2.24) is 0 Å². The van der Waals surface area contributed by atoms with Crippen molar-refractivity contribution >= 4 is 21.4 Å². The van der Waals surface area contributed by atoms with Gasteiger partial charge in [-0.15, -0.1) is 0 Å². The highest BCUT2D eigenvalue weighted by molar-refractivity contribution is 7.89. The number of anilines is 2. The zero-order valence-electron chi connectivity index (χ0n) is 9.50. The van der Waals surface area contributed by atoms with Crippen molar-refractivity contribution < 1.29 is 8.42 Å². The molecule has 0 spiro atoms. The fourth-order valence-electron chi connectivity index (χ4n) is 1.64. The first-order chi connectivity index (χ1) is 8.38. The molecule has 2 aromatic carbocycles. The topological polar surface area (TPSA) is 112 Å². The van der Waals surface area contributed by atoms with Crippen LogP contribution >= 0.6 is 0 Å². The maximum absolute atomic E-state index is 11.4. The van der Waals surface area contributed by atoms with E-state index in [-0.39, 0.29) is 10.6 Å². The summed E-state index contributed by atoms with van der Waals surface area (Å²) in [6.07, 6.45) is 0. The number of nitrogens with two attached hydrogens (primary N) is 3. The fraction of sp³-hybridized carbons (Fsp3) is 0. The van der Waals surface area contributed by atoms with Crippen molar-refractivity contribution in [1.29, 1.82) is 0 Å². The first kappa shape index (κ1) is 12.4. The Morgan fingerprint density at radius 1 is 0.833 bits per heavy atom. The molecule has 0 aliphatic rings. The molecule has 6 N–H and O–H groups in total. The van der Waals surface area contributed by atoms with Crippen LogP contribution in [-0.2, 0) is 10.0 Å². The van der Waals surface area contributed by atoms with Gasteiger partial charge in [0.1, 0.15) is 4.90 Å². The van der Waals surface area contributed by atoms with Crippen LogP contribution in [0, 0.1) is 0 Å². The van der Waals surface area contributed by atoms with E-state index in [1.165, 1.54) is 12.1 Å². The van der Waals surface area contributed by atoms with Crippen LogP contribution in [-0.4, -0.2) is 8.42 Å². The van der Waals surface area contributed by atoms with E-state index < -0.39 is 10.0 Å². The van der Waals surface area contributed by atoms with E-state index in [1.54, 1.807) is 30.3 Å². The van der Waals surface area contributed by atoms with Crippen LogP contribution in [0.4, 0.5) is 11.4 Å². The van der Waals surface area contributed by atoms with Crippen LogP contribution in [0.3, 0.4) is 0 Å². The number of primary sulfonamides is 1. The van der Waals surface area contributed by atoms with E-state index >= 15 is 0 Å². The zero-order valence-corrected chi connectivity index (χ0v) is 10.3. The van der Waals surface area contributed by atoms with Gasteiger partial charge in [-0.25, -0.2) is 13.6 Å². The Morgan fingerprint density at radius 3 is 1.94 bits per heavy atom. The van der Waals surface area contributed by atoms with Gasteiger partial charge >= 0.3 is 0 Å². The van der Waals surface area contributed by atoms with Crippen LogP contribution < -0.4 is 16.6 Å². The highest BCUT2D eigenvalue weighted by Gasteiger charge is 2.13. The average Bonchev–Trinajstić information content (AvgIpc) is 2.29. The van der Waals surface area contributed by atoms with Crippen molar-refractivity contribution in [2.45, 2.75) is 4.90 Å². The molecule has 18 heavy (non-hydrogen) atoms. The lowest BCUT2D eigenvalue weighted by molar-refractivity contribution is 0.598. The molecule has 0 atom stereocenters. The minimum absolute atomic E-state index is 0.0724. The van der Waals surface area contributed by atoms with Crippen molar-refractivity contribution in [3.05, 3.63) is 42.5 Å². The number of nitrogen functional groups attached to an aromatic ring is 2. The zero-order chi connectivity index (χ0) is 13.3. The lowest BCUT2D eigenvalue weighted by atomic mass is 10.1. The molecule has 2 rings (SSSR count). The summed E-state index contributed by atoms with van der Waals surface area (Å²) in [6, 6.07) is 11.8. The second-order valence-electron chi connectivity index (χ2n) is 3.92. The minimum atomic E-state index is -3.82. The third-order valence-corrected chi connectivity index (χ3v) is 3.53. The third kappa shape index (κ3) is 2.44. The normalized spacial score (nSPS) is 11.4. The molecule has 94 valence electrons. The summed E-state index contributed by atoms with van der Waals surface area (Å²) in [7, 11) is -3.82. The second-order valence-corrected chi connectivity index (χ2v) is 5.45. The molecular formula is C12H13N3O2S. The predicted octanol–water partition coefficient (Wildman–Crippen LogP) is 1.17. The Labute approximate surface area is 105 Å². The van der Waals surface area contributed by atoms with Gasteiger partial charge < -0.3 is 11.5 Å². The molecule has 0 saturated heterocycles. The SMILES string of the molecule is Nc1ccc(-c2ccc(N)c(S(N)(=O)=O)c2)cc1. The smallest absolute Gasteiger partial charge is 0.240 e. The summed E-state index contributed by atoms with van der Waals surface area (Å²) in [4.78, 5) is -0.0724. The summed E-state index contributed by atoms with van der Waals surface area (Å²) in [5.74, 6) is 0. The molecule has 0 aliphatic heterocycles. The van der Waals surface area contributed by atoms with Crippen LogP contribution in [0.1, 0.15) is 0 Å². The Hall–Kier alpha value is -2.05. The summed E-state index contributed by atoms with van der Waals surface area (Å²) >= 11 is 0. The summed E-state index contributed by atoms with van der Waals surface area (Å²) < 4.78 is 22.7. The van der Waals surface area contributed by atoms with Crippen LogP contribution in [0.15, 0.2) is 47.4 Å². The number of hydrogen-bond donors (Lipinski definition) is 3. The van der Waals surface area contributed by atoms with Gasteiger partial charge in [0.05, 0.1) is 5.69 Å². The molecule has 0 bridgehead atoms. The quantitative estimate of drug-likeness (QED) is 0.706. The molecule has 0 heterocycles. The number of hydrogen-bond acceptors (Lipinski definition) is 4. The van der Waals surface area contributed by atoms with Crippen molar-refractivity contribution in [3.63, 3.8) is 0 Å². The third-order valence-electron chi connectivity index (χ3n) is 2.56. The molecule has 2 aromatic rings. The maximum atomic E-state index is 11.4. The van der Waals surface area contributed by atoms with E-state index in [4.69, 9.17) is 16.6 Å². The van der Waals surface area contributed by atoms with Gasteiger partial charge in [0.25, 0.3) is 0 Å². The Bertz CT molecular complexity index is 679. The largest absolute Gasteiger partial charge is 0.399 e. The molecule has 0 unspecified atom stereocenters. The molecule has 6 heteroatoms. The second kappa shape index (κ2) is 4.32. The minimum Gasteiger partial charge on any atom is -0.399 e. The molecular weight excluding hydrogens is 250 g/mol. The van der Waals surface area contributed by atoms with Gasteiger partial charge in [-0.2, -0.15) is 0 Å². The van der Waals surface area contributed by atoms with Crippen molar-refractivity contribution in [2.24, 2.45) is 5.14 Å². The molecule has 0 amide bonds. The molecule has 0 radical (unpaired) electrons. The van der Waals surface area contributed by atoms with Gasteiger partial charge in [0.2, 0.25) is 10.0 Å². The van der Waals surface area contributed by atoms with Gasteiger partial charge in [-0.05, 0) is 35.4 Å².